The molecule has 3 aromatic carbocycles. The van der Waals surface area contributed by atoms with Crippen molar-refractivity contribution in [2.75, 3.05) is 0 Å². The lowest BCUT2D eigenvalue weighted by Gasteiger charge is -2.33. The molecule has 1 N–H and O–H groups in total. The van der Waals surface area contributed by atoms with E-state index in [2.05, 4.69) is 5.32 Å². The number of nitrogens with zero attached hydrogens (tertiary/aromatic N) is 1. The molecule has 0 aromatic heterocycles. The summed E-state index contributed by atoms with van der Waals surface area (Å²) in [5.74, 6) is -0.105. The van der Waals surface area contributed by atoms with Crippen LogP contribution in [0.4, 0.5) is 0 Å². The fourth-order valence-corrected chi connectivity index (χ4v) is 5.21. The molecule has 5 heteroatoms. The summed E-state index contributed by atoms with van der Waals surface area (Å²) in [7, 11) is 0. The van der Waals surface area contributed by atoms with E-state index in [1.165, 1.54) is 0 Å². The zero-order chi connectivity index (χ0) is 25.3. The zero-order valence-corrected chi connectivity index (χ0v) is 21.7. The molecule has 4 rings (SSSR count). The summed E-state index contributed by atoms with van der Waals surface area (Å²) in [5.41, 5.74) is 4.14. The van der Waals surface area contributed by atoms with Crippen molar-refractivity contribution in [1.29, 1.82) is 0 Å². The molecule has 0 aliphatic heterocycles. The van der Waals surface area contributed by atoms with Gasteiger partial charge in [0.2, 0.25) is 11.8 Å². The van der Waals surface area contributed by atoms with Gasteiger partial charge in [0.1, 0.15) is 6.04 Å². The van der Waals surface area contributed by atoms with Crippen LogP contribution in [0.5, 0.6) is 0 Å². The average Bonchev–Trinajstić information content (AvgIpc) is 3.40. The van der Waals surface area contributed by atoms with Crippen molar-refractivity contribution in [2.45, 2.75) is 70.5 Å². The van der Waals surface area contributed by atoms with Crippen molar-refractivity contribution < 1.29 is 9.59 Å². The number of benzene rings is 3. The van der Waals surface area contributed by atoms with Gasteiger partial charge in [-0.1, -0.05) is 97.2 Å². The summed E-state index contributed by atoms with van der Waals surface area (Å²) in [4.78, 5) is 29.3. The first-order valence-electron chi connectivity index (χ1n) is 12.9. The third-order valence-electron chi connectivity index (χ3n) is 7.14. The Labute approximate surface area is 219 Å². The second kappa shape index (κ2) is 12.7. The van der Waals surface area contributed by atoms with Crippen LogP contribution in [-0.2, 0) is 29.0 Å². The summed E-state index contributed by atoms with van der Waals surface area (Å²) < 4.78 is 0. The van der Waals surface area contributed by atoms with Gasteiger partial charge in [-0.15, -0.1) is 0 Å². The molecular weight excluding hydrogens is 468 g/mol. The lowest BCUT2D eigenvalue weighted by molar-refractivity contribution is -0.141. The number of aryl methyl sites for hydroxylation is 2. The molecule has 0 bridgehead atoms. The zero-order valence-electron chi connectivity index (χ0n) is 21.0. The first-order chi connectivity index (χ1) is 17.5. The summed E-state index contributed by atoms with van der Waals surface area (Å²) in [6.07, 6.45) is 5.58. The maximum absolute atomic E-state index is 13.8. The molecule has 188 valence electrons. The lowest BCUT2D eigenvalue weighted by Crippen LogP contribution is -2.52. The van der Waals surface area contributed by atoms with Crippen LogP contribution in [0.25, 0.3) is 0 Å². The van der Waals surface area contributed by atoms with Crippen LogP contribution >= 0.6 is 11.6 Å². The van der Waals surface area contributed by atoms with E-state index in [1.54, 1.807) is 4.90 Å². The number of rotatable bonds is 10. The van der Waals surface area contributed by atoms with Gasteiger partial charge < -0.3 is 10.2 Å². The molecule has 4 nitrogen and oxygen atoms in total. The van der Waals surface area contributed by atoms with Gasteiger partial charge in [0.25, 0.3) is 0 Å². The van der Waals surface area contributed by atoms with Crippen molar-refractivity contribution in [3.05, 3.63) is 106 Å². The van der Waals surface area contributed by atoms with Crippen LogP contribution in [0.3, 0.4) is 0 Å². The normalized spacial score (nSPS) is 14.4. The molecule has 1 fully saturated rings. The van der Waals surface area contributed by atoms with Gasteiger partial charge in [-0.05, 0) is 54.5 Å². The Balaban J connectivity index is 1.63. The number of hydrogen-bond donors (Lipinski definition) is 1. The van der Waals surface area contributed by atoms with E-state index in [-0.39, 0.29) is 24.3 Å². The summed E-state index contributed by atoms with van der Waals surface area (Å²) in [6, 6.07) is 25.3. The number of hydrogen-bond acceptors (Lipinski definition) is 2. The van der Waals surface area contributed by atoms with Crippen LogP contribution in [0.1, 0.15) is 54.4 Å². The minimum atomic E-state index is -0.591. The van der Waals surface area contributed by atoms with Gasteiger partial charge >= 0.3 is 0 Å². The molecule has 3 aromatic rings. The first kappa shape index (κ1) is 26.0. The largest absolute Gasteiger partial charge is 0.352 e. The molecule has 1 aliphatic carbocycles. The second-order valence-electron chi connectivity index (χ2n) is 9.74. The molecule has 1 unspecified atom stereocenters. The van der Waals surface area contributed by atoms with E-state index >= 15 is 0 Å². The maximum Gasteiger partial charge on any atom is 0.243 e. The standard InChI is InChI=1S/C31H35ClN2O2/c1-23-11-5-6-15-26(23)22-34(30(35)20-19-25-14-7-10-18-28(25)32)29(21-24-12-3-2-4-13-24)31(36)33-27-16-8-9-17-27/h2-7,10-15,18,27,29H,8-9,16-17,19-22H2,1H3,(H,33,36). The van der Waals surface area contributed by atoms with E-state index < -0.39 is 6.04 Å². The Bertz CT molecular complexity index is 1160. The molecule has 1 atom stereocenters. The molecular formula is C31H35ClN2O2. The van der Waals surface area contributed by atoms with Crippen LogP contribution in [-0.4, -0.2) is 28.8 Å². The number of nitrogens with one attached hydrogen (secondary N) is 1. The van der Waals surface area contributed by atoms with Crippen molar-refractivity contribution >= 4 is 23.4 Å². The lowest BCUT2D eigenvalue weighted by atomic mass is 10.00. The quantitative estimate of drug-likeness (QED) is 0.354. The van der Waals surface area contributed by atoms with Gasteiger partial charge in [-0.25, -0.2) is 0 Å². The molecule has 2 amide bonds. The minimum Gasteiger partial charge on any atom is -0.352 e. The highest BCUT2D eigenvalue weighted by atomic mass is 35.5. The van der Waals surface area contributed by atoms with E-state index in [9.17, 15) is 9.59 Å². The number of amides is 2. The monoisotopic (exact) mass is 502 g/mol. The highest BCUT2D eigenvalue weighted by Gasteiger charge is 2.32. The van der Waals surface area contributed by atoms with Crippen molar-refractivity contribution in [3.8, 4) is 0 Å². The van der Waals surface area contributed by atoms with Crippen LogP contribution in [0.15, 0.2) is 78.9 Å². The second-order valence-corrected chi connectivity index (χ2v) is 10.1. The van der Waals surface area contributed by atoms with E-state index in [0.717, 1.165) is 47.9 Å². The fourth-order valence-electron chi connectivity index (χ4n) is 4.98. The molecule has 0 heterocycles. The van der Waals surface area contributed by atoms with Crippen LogP contribution in [0, 0.1) is 6.92 Å². The third-order valence-corrected chi connectivity index (χ3v) is 7.51. The Morgan fingerprint density at radius 3 is 2.25 bits per heavy atom. The summed E-state index contributed by atoms with van der Waals surface area (Å²) in [5, 5.41) is 3.93. The summed E-state index contributed by atoms with van der Waals surface area (Å²) in [6.45, 7) is 2.44. The number of carbonyl (C=O) groups excluding carboxylic acids is 2. The third kappa shape index (κ3) is 6.98. The number of halogens is 1. The van der Waals surface area contributed by atoms with Crippen molar-refractivity contribution in [1.82, 2.24) is 10.2 Å². The van der Waals surface area contributed by atoms with Gasteiger partial charge in [0, 0.05) is 30.5 Å². The smallest absolute Gasteiger partial charge is 0.243 e. The first-order valence-corrected chi connectivity index (χ1v) is 13.3. The number of carbonyl (C=O) groups is 2. The topological polar surface area (TPSA) is 49.4 Å². The molecule has 0 spiro atoms. The van der Waals surface area contributed by atoms with Crippen LogP contribution < -0.4 is 5.32 Å². The highest BCUT2D eigenvalue weighted by Crippen LogP contribution is 2.22. The van der Waals surface area contributed by atoms with E-state index in [4.69, 9.17) is 11.6 Å². The van der Waals surface area contributed by atoms with Crippen LogP contribution in [0.2, 0.25) is 5.02 Å². The highest BCUT2D eigenvalue weighted by molar-refractivity contribution is 6.31. The van der Waals surface area contributed by atoms with Crippen molar-refractivity contribution in [2.24, 2.45) is 0 Å². The Hall–Kier alpha value is -3.11. The van der Waals surface area contributed by atoms with E-state index in [0.29, 0.717) is 24.4 Å². The molecule has 1 saturated carbocycles. The predicted octanol–water partition coefficient (Wildman–Crippen LogP) is 6.28. The maximum atomic E-state index is 13.8. The Kier molecular flexibility index (Phi) is 9.18. The molecule has 0 saturated heterocycles. The molecule has 0 radical (unpaired) electrons. The minimum absolute atomic E-state index is 0.0410. The Morgan fingerprint density at radius 1 is 0.917 bits per heavy atom. The van der Waals surface area contributed by atoms with Gasteiger partial charge in [0.05, 0.1) is 0 Å². The van der Waals surface area contributed by atoms with Crippen molar-refractivity contribution in [3.63, 3.8) is 0 Å². The summed E-state index contributed by atoms with van der Waals surface area (Å²) >= 11 is 6.36. The van der Waals surface area contributed by atoms with Gasteiger partial charge in [0.15, 0.2) is 0 Å². The Morgan fingerprint density at radius 2 is 1.56 bits per heavy atom. The predicted molar refractivity (Wildman–Crippen MR) is 146 cm³/mol. The molecule has 1 aliphatic rings. The fraction of sp³-hybridized carbons (Fsp3) is 0.355. The SMILES string of the molecule is Cc1ccccc1CN(C(=O)CCc1ccccc1Cl)C(Cc1ccccc1)C(=O)NC1CCCC1. The average molecular weight is 503 g/mol. The molecule has 36 heavy (non-hydrogen) atoms. The van der Waals surface area contributed by atoms with Gasteiger partial charge in [-0.3, -0.25) is 9.59 Å². The van der Waals surface area contributed by atoms with E-state index in [1.807, 2.05) is 85.8 Å². The van der Waals surface area contributed by atoms with Gasteiger partial charge in [-0.2, -0.15) is 0 Å².